The highest BCUT2D eigenvalue weighted by atomic mass is 35.5. The summed E-state index contributed by atoms with van der Waals surface area (Å²) in [7, 11) is 3.66. The van der Waals surface area contributed by atoms with Crippen LogP contribution in [0.25, 0.3) is 0 Å². The maximum atomic E-state index is 12.0. The van der Waals surface area contributed by atoms with Crippen LogP contribution in [-0.4, -0.2) is 42.9 Å². The molecule has 1 amide bonds. The third-order valence-corrected chi connectivity index (χ3v) is 4.02. The Morgan fingerprint density at radius 3 is 2.84 bits per heavy atom. The van der Waals surface area contributed by atoms with E-state index < -0.39 is 0 Å². The molecule has 0 bridgehead atoms. The minimum atomic E-state index is 0.131. The van der Waals surface area contributed by atoms with E-state index >= 15 is 0 Å². The first kappa shape index (κ1) is 14.4. The van der Waals surface area contributed by atoms with Gasteiger partial charge >= 0.3 is 0 Å². The zero-order chi connectivity index (χ0) is 13.8. The fourth-order valence-electron chi connectivity index (χ4n) is 2.63. The maximum absolute atomic E-state index is 12.0. The second-order valence-corrected chi connectivity index (χ2v) is 5.81. The lowest BCUT2D eigenvalue weighted by Crippen LogP contribution is -2.42. The van der Waals surface area contributed by atoms with Crippen molar-refractivity contribution >= 4 is 17.5 Å². The third kappa shape index (κ3) is 3.71. The highest BCUT2D eigenvalue weighted by Crippen LogP contribution is 2.22. The van der Waals surface area contributed by atoms with Crippen LogP contribution < -0.4 is 0 Å². The summed E-state index contributed by atoms with van der Waals surface area (Å²) in [6, 6.07) is 7.93. The van der Waals surface area contributed by atoms with Crippen LogP contribution in [0.3, 0.4) is 0 Å². The number of hydrogen-bond donors (Lipinski definition) is 0. The molecule has 0 aliphatic carbocycles. The predicted octanol–water partition coefficient (Wildman–Crippen LogP) is 2.64. The van der Waals surface area contributed by atoms with Gasteiger partial charge in [-0.2, -0.15) is 0 Å². The van der Waals surface area contributed by atoms with Crippen molar-refractivity contribution in [3.8, 4) is 0 Å². The molecule has 0 saturated carbocycles. The lowest BCUT2D eigenvalue weighted by molar-refractivity contribution is -0.134. The van der Waals surface area contributed by atoms with Crippen molar-refractivity contribution in [3.63, 3.8) is 0 Å². The molecule has 19 heavy (non-hydrogen) atoms. The van der Waals surface area contributed by atoms with Gasteiger partial charge in [-0.3, -0.25) is 9.69 Å². The van der Waals surface area contributed by atoms with E-state index in [0.29, 0.717) is 0 Å². The van der Waals surface area contributed by atoms with Crippen LogP contribution in [0.5, 0.6) is 0 Å². The van der Waals surface area contributed by atoms with Crippen LogP contribution in [0, 0.1) is 5.92 Å². The fraction of sp³-hybridized carbons (Fsp3) is 0.533. The van der Waals surface area contributed by atoms with Crippen molar-refractivity contribution in [2.24, 2.45) is 5.92 Å². The standard InChI is InChI=1S/C15H21ClN2O/c1-17(2)15(19)13-7-5-9-18(11-13)10-12-6-3-4-8-14(12)16/h3-4,6,8,13H,5,7,9-11H2,1-2H3. The molecular formula is C15H21ClN2O. The second-order valence-electron chi connectivity index (χ2n) is 5.40. The van der Waals surface area contributed by atoms with Gasteiger partial charge < -0.3 is 4.90 Å². The van der Waals surface area contributed by atoms with E-state index in [0.717, 1.165) is 43.1 Å². The number of rotatable bonds is 3. The van der Waals surface area contributed by atoms with Crippen LogP contribution in [-0.2, 0) is 11.3 Å². The van der Waals surface area contributed by atoms with Gasteiger partial charge in [0, 0.05) is 32.2 Å². The fourth-order valence-corrected chi connectivity index (χ4v) is 2.83. The molecule has 0 spiro atoms. The summed E-state index contributed by atoms with van der Waals surface area (Å²) in [6.07, 6.45) is 2.07. The van der Waals surface area contributed by atoms with Gasteiger partial charge in [0.15, 0.2) is 0 Å². The predicted molar refractivity (Wildman–Crippen MR) is 78.1 cm³/mol. The molecule has 2 rings (SSSR count). The molecular weight excluding hydrogens is 260 g/mol. The average Bonchev–Trinajstić information content (AvgIpc) is 2.41. The summed E-state index contributed by atoms with van der Waals surface area (Å²) in [6.45, 7) is 2.71. The number of carbonyl (C=O) groups is 1. The normalized spacial score (nSPS) is 20.3. The zero-order valence-electron chi connectivity index (χ0n) is 11.6. The number of nitrogens with zero attached hydrogens (tertiary/aromatic N) is 2. The number of halogens is 1. The van der Waals surface area contributed by atoms with E-state index in [-0.39, 0.29) is 11.8 Å². The quantitative estimate of drug-likeness (QED) is 0.850. The first-order chi connectivity index (χ1) is 9.08. The number of piperidine rings is 1. The van der Waals surface area contributed by atoms with Crippen LogP contribution in [0.15, 0.2) is 24.3 Å². The topological polar surface area (TPSA) is 23.6 Å². The Bertz CT molecular complexity index is 448. The molecule has 1 aromatic carbocycles. The van der Waals surface area contributed by atoms with Crippen molar-refractivity contribution in [1.29, 1.82) is 0 Å². The second kappa shape index (κ2) is 6.40. The van der Waals surface area contributed by atoms with Gasteiger partial charge in [0.2, 0.25) is 5.91 Å². The highest BCUT2D eigenvalue weighted by Gasteiger charge is 2.26. The Morgan fingerprint density at radius 1 is 1.42 bits per heavy atom. The summed E-state index contributed by atoms with van der Waals surface area (Å²) >= 11 is 6.19. The van der Waals surface area contributed by atoms with E-state index in [2.05, 4.69) is 11.0 Å². The molecule has 1 heterocycles. The van der Waals surface area contributed by atoms with Crippen molar-refractivity contribution in [2.75, 3.05) is 27.2 Å². The molecule has 1 unspecified atom stereocenters. The van der Waals surface area contributed by atoms with Gasteiger partial charge in [-0.05, 0) is 31.0 Å². The van der Waals surface area contributed by atoms with Crippen molar-refractivity contribution in [2.45, 2.75) is 19.4 Å². The Labute approximate surface area is 120 Å². The number of benzene rings is 1. The lowest BCUT2D eigenvalue weighted by atomic mass is 9.96. The van der Waals surface area contributed by atoms with Crippen LogP contribution in [0.1, 0.15) is 18.4 Å². The molecule has 0 radical (unpaired) electrons. The minimum Gasteiger partial charge on any atom is -0.349 e. The molecule has 4 heteroatoms. The lowest BCUT2D eigenvalue weighted by Gasteiger charge is -2.33. The van der Waals surface area contributed by atoms with Crippen molar-refractivity contribution < 1.29 is 4.79 Å². The van der Waals surface area contributed by atoms with Gasteiger partial charge in [0.1, 0.15) is 0 Å². The summed E-state index contributed by atoms with van der Waals surface area (Å²) in [4.78, 5) is 16.1. The van der Waals surface area contributed by atoms with E-state index in [9.17, 15) is 4.79 Å². The summed E-state index contributed by atoms with van der Waals surface area (Å²) in [5.74, 6) is 0.370. The molecule has 3 nitrogen and oxygen atoms in total. The van der Waals surface area contributed by atoms with Crippen LogP contribution in [0.4, 0.5) is 0 Å². The molecule has 0 aromatic heterocycles. The number of amides is 1. The van der Waals surface area contributed by atoms with Crippen molar-refractivity contribution in [1.82, 2.24) is 9.80 Å². The Hall–Kier alpha value is -1.06. The Kier molecular flexibility index (Phi) is 4.83. The molecule has 1 fully saturated rings. The maximum Gasteiger partial charge on any atom is 0.226 e. The van der Waals surface area contributed by atoms with E-state index in [1.54, 1.807) is 4.90 Å². The Balaban J connectivity index is 1.98. The summed E-state index contributed by atoms with van der Waals surface area (Å²) < 4.78 is 0. The third-order valence-electron chi connectivity index (χ3n) is 3.65. The largest absolute Gasteiger partial charge is 0.349 e. The molecule has 1 aromatic rings. The van der Waals surface area contributed by atoms with Crippen LogP contribution in [0.2, 0.25) is 5.02 Å². The first-order valence-corrected chi connectivity index (χ1v) is 7.12. The molecule has 1 atom stereocenters. The minimum absolute atomic E-state index is 0.131. The molecule has 1 aliphatic rings. The van der Waals surface area contributed by atoms with Gasteiger partial charge in [-0.25, -0.2) is 0 Å². The smallest absolute Gasteiger partial charge is 0.226 e. The number of carbonyl (C=O) groups excluding carboxylic acids is 1. The first-order valence-electron chi connectivity index (χ1n) is 6.75. The SMILES string of the molecule is CN(C)C(=O)C1CCCN(Cc2ccccc2Cl)C1. The van der Waals surface area contributed by atoms with Gasteiger partial charge in [0.25, 0.3) is 0 Å². The molecule has 1 saturated heterocycles. The van der Waals surface area contributed by atoms with Gasteiger partial charge in [-0.1, -0.05) is 29.8 Å². The highest BCUT2D eigenvalue weighted by molar-refractivity contribution is 6.31. The van der Waals surface area contributed by atoms with Gasteiger partial charge in [0.05, 0.1) is 5.92 Å². The average molecular weight is 281 g/mol. The summed E-state index contributed by atoms with van der Waals surface area (Å²) in [5, 5.41) is 0.809. The molecule has 0 N–H and O–H groups in total. The van der Waals surface area contributed by atoms with Crippen molar-refractivity contribution in [3.05, 3.63) is 34.9 Å². The Morgan fingerprint density at radius 2 is 2.16 bits per heavy atom. The number of likely N-dealkylation sites (tertiary alicyclic amines) is 1. The van der Waals surface area contributed by atoms with Gasteiger partial charge in [-0.15, -0.1) is 0 Å². The van der Waals surface area contributed by atoms with E-state index in [1.165, 1.54) is 0 Å². The number of hydrogen-bond acceptors (Lipinski definition) is 2. The molecule has 1 aliphatic heterocycles. The van der Waals surface area contributed by atoms with E-state index in [1.807, 2.05) is 32.3 Å². The van der Waals surface area contributed by atoms with E-state index in [4.69, 9.17) is 11.6 Å². The molecule has 104 valence electrons. The zero-order valence-corrected chi connectivity index (χ0v) is 12.4. The van der Waals surface area contributed by atoms with Crippen LogP contribution >= 0.6 is 11.6 Å². The monoisotopic (exact) mass is 280 g/mol. The summed E-state index contributed by atoms with van der Waals surface area (Å²) in [5.41, 5.74) is 1.14.